The molecule has 2 atom stereocenters. The van der Waals surface area contributed by atoms with Crippen LogP contribution in [0, 0.1) is 5.92 Å². The molecule has 3 fully saturated rings. The molecule has 29 heavy (non-hydrogen) atoms. The van der Waals surface area contributed by atoms with Gasteiger partial charge in [0, 0.05) is 57.3 Å². The van der Waals surface area contributed by atoms with Crippen LogP contribution in [0.25, 0.3) is 0 Å². The standard InChI is InChI=1S/C23H36N4O2/c28-23-21-7-14-26(20-8-15-29-16-9-20)18-22(21)27(13-4-2-1-3-10-25-23)17-19-5-11-24-12-6-19/h5-6,11-12,20-22H,1-4,7-10,13-18H2,(H,25,28)/t21-,22+/m0/s1. The summed E-state index contributed by atoms with van der Waals surface area (Å²) in [6.07, 6.45) is 11.7. The highest BCUT2D eigenvalue weighted by Gasteiger charge is 2.39. The second kappa shape index (κ2) is 10.5. The molecule has 3 aliphatic heterocycles. The van der Waals surface area contributed by atoms with Crippen molar-refractivity contribution in [2.45, 2.75) is 63.6 Å². The molecule has 1 aromatic rings. The molecule has 1 aromatic heterocycles. The summed E-state index contributed by atoms with van der Waals surface area (Å²) in [4.78, 5) is 22.5. The van der Waals surface area contributed by atoms with E-state index in [0.717, 1.165) is 71.6 Å². The van der Waals surface area contributed by atoms with E-state index >= 15 is 0 Å². The van der Waals surface area contributed by atoms with Gasteiger partial charge < -0.3 is 10.1 Å². The maximum Gasteiger partial charge on any atom is 0.224 e. The second-order valence-electron chi connectivity index (χ2n) is 8.83. The Morgan fingerprint density at radius 2 is 1.83 bits per heavy atom. The van der Waals surface area contributed by atoms with E-state index < -0.39 is 0 Å². The zero-order valence-electron chi connectivity index (χ0n) is 17.6. The molecule has 4 heterocycles. The molecular formula is C23H36N4O2. The number of nitrogens with zero attached hydrogens (tertiary/aromatic N) is 3. The summed E-state index contributed by atoms with van der Waals surface area (Å²) >= 11 is 0. The number of nitrogens with one attached hydrogen (secondary N) is 1. The van der Waals surface area contributed by atoms with Crippen molar-refractivity contribution >= 4 is 5.91 Å². The van der Waals surface area contributed by atoms with Gasteiger partial charge in [-0.3, -0.25) is 19.6 Å². The van der Waals surface area contributed by atoms with Gasteiger partial charge in [-0.05, 0) is 62.9 Å². The molecule has 0 radical (unpaired) electrons. The van der Waals surface area contributed by atoms with Crippen LogP contribution < -0.4 is 5.32 Å². The topological polar surface area (TPSA) is 57.7 Å². The Hall–Kier alpha value is -1.50. The Bertz CT molecular complexity index is 635. The van der Waals surface area contributed by atoms with Crippen LogP contribution in [0.3, 0.4) is 0 Å². The van der Waals surface area contributed by atoms with Crippen molar-refractivity contribution in [3.63, 3.8) is 0 Å². The van der Waals surface area contributed by atoms with Crippen LogP contribution in [0.15, 0.2) is 24.5 Å². The Balaban J connectivity index is 1.54. The number of carbonyl (C=O) groups excluding carboxylic acids is 1. The van der Waals surface area contributed by atoms with Gasteiger partial charge in [-0.25, -0.2) is 0 Å². The summed E-state index contributed by atoms with van der Waals surface area (Å²) < 4.78 is 5.59. The zero-order chi connectivity index (χ0) is 19.9. The molecule has 0 aliphatic carbocycles. The predicted molar refractivity (Wildman–Crippen MR) is 113 cm³/mol. The molecule has 6 heteroatoms. The van der Waals surface area contributed by atoms with Crippen molar-refractivity contribution in [2.75, 3.05) is 39.4 Å². The molecule has 0 saturated carbocycles. The first-order chi connectivity index (χ1) is 14.3. The molecular weight excluding hydrogens is 364 g/mol. The zero-order valence-corrected chi connectivity index (χ0v) is 17.6. The molecule has 1 N–H and O–H groups in total. The average Bonchev–Trinajstić information content (AvgIpc) is 2.81. The first kappa shape index (κ1) is 20.8. The third-order valence-electron chi connectivity index (χ3n) is 6.93. The number of hydrogen-bond acceptors (Lipinski definition) is 5. The summed E-state index contributed by atoms with van der Waals surface area (Å²) in [5.74, 6) is 0.356. The molecule has 6 nitrogen and oxygen atoms in total. The van der Waals surface area contributed by atoms with Gasteiger partial charge in [-0.15, -0.1) is 0 Å². The van der Waals surface area contributed by atoms with Crippen molar-refractivity contribution in [1.82, 2.24) is 20.1 Å². The van der Waals surface area contributed by atoms with Crippen molar-refractivity contribution in [3.05, 3.63) is 30.1 Å². The highest BCUT2D eigenvalue weighted by molar-refractivity contribution is 5.79. The summed E-state index contributed by atoms with van der Waals surface area (Å²) in [7, 11) is 0. The van der Waals surface area contributed by atoms with Crippen LogP contribution in [-0.4, -0.2) is 72.2 Å². The van der Waals surface area contributed by atoms with E-state index in [-0.39, 0.29) is 17.9 Å². The molecule has 1 amide bonds. The predicted octanol–water partition coefficient (Wildman–Crippen LogP) is 2.44. The third-order valence-corrected chi connectivity index (χ3v) is 6.93. The van der Waals surface area contributed by atoms with E-state index in [1.54, 1.807) is 0 Å². The molecule has 0 bridgehead atoms. The molecule has 3 aliphatic rings. The van der Waals surface area contributed by atoms with Crippen LogP contribution in [0.4, 0.5) is 0 Å². The van der Waals surface area contributed by atoms with Crippen LogP contribution in [0.2, 0.25) is 0 Å². The number of likely N-dealkylation sites (tertiary alicyclic amines) is 1. The maximum absolute atomic E-state index is 13.1. The highest BCUT2D eigenvalue weighted by atomic mass is 16.5. The maximum atomic E-state index is 13.1. The highest BCUT2D eigenvalue weighted by Crippen LogP contribution is 2.29. The Labute approximate surface area is 175 Å². The lowest BCUT2D eigenvalue weighted by Gasteiger charge is -2.46. The number of fused-ring (bicyclic) bond motifs is 1. The number of rotatable bonds is 3. The van der Waals surface area contributed by atoms with Gasteiger partial charge in [0.1, 0.15) is 0 Å². The lowest BCUT2D eigenvalue weighted by molar-refractivity contribution is -0.130. The quantitative estimate of drug-likeness (QED) is 0.845. The number of aromatic nitrogens is 1. The van der Waals surface area contributed by atoms with Crippen molar-refractivity contribution < 1.29 is 9.53 Å². The fraction of sp³-hybridized carbons (Fsp3) is 0.739. The number of ether oxygens (including phenoxy) is 1. The van der Waals surface area contributed by atoms with Crippen molar-refractivity contribution in [3.8, 4) is 0 Å². The Morgan fingerprint density at radius 3 is 2.66 bits per heavy atom. The monoisotopic (exact) mass is 400 g/mol. The SMILES string of the molecule is O=C1NCCCCCCN(Cc2ccncc2)[C@@H]2CN(C3CCOCC3)CC[C@H]12. The first-order valence-electron chi connectivity index (χ1n) is 11.5. The normalized spacial score (nSPS) is 28.9. The van der Waals surface area contributed by atoms with Gasteiger partial charge in [0.2, 0.25) is 5.91 Å². The molecule has 0 spiro atoms. The number of piperidine rings is 1. The first-order valence-corrected chi connectivity index (χ1v) is 11.5. The lowest BCUT2D eigenvalue weighted by Crippen LogP contribution is -2.58. The lowest BCUT2D eigenvalue weighted by atomic mass is 9.87. The van der Waals surface area contributed by atoms with E-state index in [4.69, 9.17) is 4.74 Å². The fourth-order valence-corrected chi connectivity index (χ4v) is 5.23. The van der Waals surface area contributed by atoms with E-state index in [1.807, 2.05) is 12.4 Å². The summed E-state index contributed by atoms with van der Waals surface area (Å²) in [5, 5.41) is 3.24. The molecule has 0 unspecified atom stereocenters. The Kier molecular flexibility index (Phi) is 7.52. The van der Waals surface area contributed by atoms with E-state index in [0.29, 0.717) is 6.04 Å². The summed E-state index contributed by atoms with van der Waals surface area (Å²) in [5.41, 5.74) is 1.29. The number of hydrogen-bond donors (Lipinski definition) is 1. The Morgan fingerprint density at radius 1 is 1.03 bits per heavy atom. The molecule has 0 aromatic carbocycles. The van der Waals surface area contributed by atoms with Crippen molar-refractivity contribution in [1.29, 1.82) is 0 Å². The van der Waals surface area contributed by atoms with Gasteiger partial charge in [0.25, 0.3) is 0 Å². The van der Waals surface area contributed by atoms with E-state index in [1.165, 1.54) is 24.8 Å². The molecule has 4 rings (SSSR count). The summed E-state index contributed by atoms with van der Waals surface area (Å²) in [6.45, 7) is 6.57. The minimum absolute atomic E-state index is 0.0889. The molecule has 160 valence electrons. The van der Waals surface area contributed by atoms with Crippen LogP contribution >= 0.6 is 0 Å². The van der Waals surface area contributed by atoms with Gasteiger partial charge in [-0.2, -0.15) is 0 Å². The van der Waals surface area contributed by atoms with Crippen LogP contribution in [0.1, 0.15) is 50.5 Å². The van der Waals surface area contributed by atoms with Gasteiger partial charge in [0.05, 0.1) is 5.92 Å². The van der Waals surface area contributed by atoms with Gasteiger partial charge in [-0.1, -0.05) is 12.8 Å². The second-order valence-corrected chi connectivity index (χ2v) is 8.83. The fourth-order valence-electron chi connectivity index (χ4n) is 5.23. The van der Waals surface area contributed by atoms with Crippen molar-refractivity contribution in [2.24, 2.45) is 5.92 Å². The van der Waals surface area contributed by atoms with E-state index in [9.17, 15) is 4.79 Å². The largest absolute Gasteiger partial charge is 0.381 e. The van der Waals surface area contributed by atoms with Crippen LogP contribution in [0.5, 0.6) is 0 Å². The smallest absolute Gasteiger partial charge is 0.224 e. The number of carbonyl (C=O) groups is 1. The molecule has 3 saturated heterocycles. The number of pyridine rings is 1. The van der Waals surface area contributed by atoms with Gasteiger partial charge in [0.15, 0.2) is 0 Å². The van der Waals surface area contributed by atoms with Crippen LogP contribution in [-0.2, 0) is 16.1 Å². The van der Waals surface area contributed by atoms with Gasteiger partial charge >= 0.3 is 0 Å². The number of amides is 1. The minimum atomic E-state index is 0.0889. The third kappa shape index (κ3) is 5.56. The average molecular weight is 401 g/mol. The minimum Gasteiger partial charge on any atom is -0.381 e. The van der Waals surface area contributed by atoms with E-state index in [2.05, 4.69) is 32.2 Å². The summed E-state index contributed by atoms with van der Waals surface area (Å²) in [6, 6.07) is 5.10.